The third-order valence-corrected chi connectivity index (χ3v) is 5.12. The zero-order chi connectivity index (χ0) is 19.3. The summed E-state index contributed by atoms with van der Waals surface area (Å²) in [7, 11) is -3.23. The molecule has 27 heavy (non-hydrogen) atoms. The summed E-state index contributed by atoms with van der Waals surface area (Å²) in [6.07, 6.45) is 3.05. The molecule has 1 aromatic heterocycles. The van der Waals surface area contributed by atoms with E-state index in [0.29, 0.717) is 18.9 Å². The molecule has 1 heterocycles. The van der Waals surface area contributed by atoms with Crippen LogP contribution in [-0.4, -0.2) is 38.7 Å². The molecule has 0 atom stereocenters. The lowest BCUT2D eigenvalue weighted by molar-refractivity contribution is -0.120. The Labute approximate surface area is 158 Å². The van der Waals surface area contributed by atoms with E-state index < -0.39 is 9.84 Å². The van der Waals surface area contributed by atoms with Gasteiger partial charge in [0.25, 0.3) is 0 Å². The number of rotatable bonds is 7. The minimum atomic E-state index is -3.23. The summed E-state index contributed by atoms with van der Waals surface area (Å²) < 4.78 is 28.6. The van der Waals surface area contributed by atoms with Crippen LogP contribution < -0.4 is 10.1 Å². The molecule has 0 saturated carbocycles. The van der Waals surface area contributed by atoms with Gasteiger partial charge in [0, 0.05) is 17.8 Å². The predicted octanol–water partition coefficient (Wildman–Crippen LogP) is 2.38. The molecular formula is C20H20N2O4S. The Morgan fingerprint density at radius 1 is 1.07 bits per heavy atom. The number of carbonyl (C=O) groups is 1. The molecule has 0 aliphatic carbocycles. The molecule has 0 fully saturated rings. The number of aromatic nitrogens is 1. The summed E-state index contributed by atoms with van der Waals surface area (Å²) in [5.41, 5.74) is 1.54. The zero-order valence-electron chi connectivity index (χ0n) is 14.9. The number of nitrogens with zero attached hydrogens (tertiary/aromatic N) is 1. The largest absolute Gasteiger partial charge is 0.489 e. The highest BCUT2D eigenvalue weighted by atomic mass is 32.2. The van der Waals surface area contributed by atoms with Crippen LogP contribution >= 0.6 is 0 Å². The number of amides is 1. The first kappa shape index (κ1) is 18.8. The van der Waals surface area contributed by atoms with E-state index in [1.807, 2.05) is 30.3 Å². The van der Waals surface area contributed by atoms with Crippen molar-refractivity contribution in [2.24, 2.45) is 0 Å². The van der Waals surface area contributed by atoms with Crippen LogP contribution in [0.15, 0.2) is 65.7 Å². The van der Waals surface area contributed by atoms with Crippen molar-refractivity contribution in [2.75, 3.05) is 19.4 Å². The average Bonchev–Trinajstić information content (AvgIpc) is 2.65. The number of nitrogens with one attached hydrogen (secondary N) is 1. The fraction of sp³-hybridized carbons (Fsp3) is 0.200. The molecule has 7 heteroatoms. The highest BCUT2D eigenvalue weighted by Gasteiger charge is 2.08. The summed E-state index contributed by atoms with van der Waals surface area (Å²) in [5, 5.41) is 3.79. The van der Waals surface area contributed by atoms with Gasteiger partial charge in [-0.15, -0.1) is 0 Å². The van der Waals surface area contributed by atoms with Crippen LogP contribution in [0.3, 0.4) is 0 Å². The molecule has 140 valence electrons. The Balaban J connectivity index is 1.48. The third-order valence-electron chi connectivity index (χ3n) is 3.99. The maximum atomic E-state index is 12.0. The lowest BCUT2D eigenvalue weighted by Gasteiger charge is -2.10. The van der Waals surface area contributed by atoms with E-state index in [-0.39, 0.29) is 17.2 Å². The second kappa shape index (κ2) is 8.18. The molecular weight excluding hydrogens is 364 g/mol. The standard InChI is InChI=1S/C20H20N2O4S/c1-27(24,25)17-9-7-15(8-10-17)14-19(23)21-12-13-26-18-6-2-4-16-5-3-11-22-20(16)18/h2-11H,12-14H2,1H3,(H,21,23). The molecule has 3 aromatic rings. The minimum absolute atomic E-state index is 0.151. The van der Waals surface area contributed by atoms with Crippen molar-refractivity contribution in [3.63, 3.8) is 0 Å². The van der Waals surface area contributed by atoms with Gasteiger partial charge in [0.1, 0.15) is 17.9 Å². The number of hydrogen-bond acceptors (Lipinski definition) is 5. The van der Waals surface area contributed by atoms with E-state index in [2.05, 4.69) is 10.3 Å². The van der Waals surface area contributed by atoms with Gasteiger partial charge >= 0.3 is 0 Å². The molecule has 1 amide bonds. The van der Waals surface area contributed by atoms with Crippen molar-refractivity contribution >= 4 is 26.6 Å². The summed E-state index contributed by atoms with van der Waals surface area (Å²) in [6, 6.07) is 15.9. The molecule has 6 nitrogen and oxygen atoms in total. The fourth-order valence-corrected chi connectivity index (χ4v) is 3.28. The smallest absolute Gasteiger partial charge is 0.224 e. The maximum Gasteiger partial charge on any atom is 0.224 e. The summed E-state index contributed by atoms with van der Waals surface area (Å²) in [5.74, 6) is 0.528. The van der Waals surface area contributed by atoms with Crippen molar-refractivity contribution in [3.8, 4) is 5.75 Å². The Bertz CT molecular complexity index is 1040. The first-order chi connectivity index (χ1) is 12.9. The second-order valence-corrected chi connectivity index (χ2v) is 8.14. The van der Waals surface area contributed by atoms with Crippen molar-refractivity contribution in [1.29, 1.82) is 0 Å². The number of sulfone groups is 1. The quantitative estimate of drug-likeness (QED) is 0.632. The molecule has 0 spiro atoms. The van der Waals surface area contributed by atoms with Crippen molar-refractivity contribution in [2.45, 2.75) is 11.3 Å². The Kier molecular flexibility index (Phi) is 5.71. The van der Waals surface area contributed by atoms with Crippen LogP contribution in [0.2, 0.25) is 0 Å². The van der Waals surface area contributed by atoms with Crippen LogP contribution in [0.5, 0.6) is 5.75 Å². The molecule has 0 aliphatic heterocycles. The van der Waals surface area contributed by atoms with E-state index in [9.17, 15) is 13.2 Å². The summed E-state index contributed by atoms with van der Waals surface area (Å²) in [4.78, 5) is 16.6. The van der Waals surface area contributed by atoms with Crippen molar-refractivity contribution in [1.82, 2.24) is 10.3 Å². The Hall–Kier alpha value is -2.93. The van der Waals surface area contributed by atoms with Gasteiger partial charge in [-0.3, -0.25) is 9.78 Å². The minimum Gasteiger partial charge on any atom is -0.489 e. The van der Waals surface area contributed by atoms with Gasteiger partial charge in [-0.05, 0) is 29.8 Å². The van der Waals surface area contributed by atoms with Crippen LogP contribution in [0.25, 0.3) is 10.9 Å². The number of fused-ring (bicyclic) bond motifs is 1. The Morgan fingerprint density at radius 3 is 2.56 bits per heavy atom. The summed E-state index contributed by atoms with van der Waals surface area (Å²) in [6.45, 7) is 0.692. The molecule has 3 rings (SSSR count). The highest BCUT2D eigenvalue weighted by Crippen LogP contribution is 2.22. The maximum absolute atomic E-state index is 12.0. The molecule has 0 bridgehead atoms. The van der Waals surface area contributed by atoms with E-state index in [1.54, 1.807) is 18.3 Å². The van der Waals surface area contributed by atoms with Gasteiger partial charge < -0.3 is 10.1 Å². The van der Waals surface area contributed by atoms with Crippen molar-refractivity contribution in [3.05, 3.63) is 66.4 Å². The van der Waals surface area contributed by atoms with E-state index in [1.165, 1.54) is 12.1 Å². The van der Waals surface area contributed by atoms with Gasteiger partial charge in [0.05, 0.1) is 17.9 Å². The van der Waals surface area contributed by atoms with E-state index >= 15 is 0 Å². The number of pyridine rings is 1. The van der Waals surface area contributed by atoms with Gasteiger partial charge in [0.15, 0.2) is 9.84 Å². The van der Waals surface area contributed by atoms with E-state index in [4.69, 9.17) is 4.74 Å². The number of ether oxygens (including phenoxy) is 1. The fourth-order valence-electron chi connectivity index (χ4n) is 2.65. The normalized spacial score (nSPS) is 11.3. The topological polar surface area (TPSA) is 85.4 Å². The van der Waals surface area contributed by atoms with Crippen molar-refractivity contribution < 1.29 is 17.9 Å². The first-order valence-corrected chi connectivity index (χ1v) is 10.3. The van der Waals surface area contributed by atoms with Crippen LogP contribution in [0.4, 0.5) is 0 Å². The van der Waals surface area contributed by atoms with E-state index in [0.717, 1.165) is 22.7 Å². The molecule has 1 N–H and O–H groups in total. The van der Waals surface area contributed by atoms with Gasteiger partial charge in [-0.25, -0.2) is 8.42 Å². The Morgan fingerprint density at radius 2 is 1.81 bits per heavy atom. The molecule has 0 unspecified atom stereocenters. The third kappa shape index (κ3) is 5.04. The van der Waals surface area contributed by atoms with Crippen LogP contribution in [0, 0.1) is 0 Å². The molecule has 0 radical (unpaired) electrons. The van der Waals surface area contributed by atoms with Crippen LogP contribution in [-0.2, 0) is 21.1 Å². The lowest BCUT2D eigenvalue weighted by Crippen LogP contribution is -2.29. The number of benzene rings is 2. The summed E-state index contributed by atoms with van der Waals surface area (Å²) >= 11 is 0. The first-order valence-electron chi connectivity index (χ1n) is 8.46. The molecule has 2 aromatic carbocycles. The van der Waals surface area contributed by atoms with Crippen LogP contribution in [0.1, 0.15) is 5.56 Å². The zero-order valence-corrected chi connectivity index (χ0v) is 15.7. The second-order valence-electron chi connectivity index (χ2n) is 6.12. The van der Waals surface area contributed by atoms with Gasteiger partial charge in [-0.1, -0.05) is 30.3 Å². The number of hydrogen-bond donors (Lipinski definition) is 1. The SMILES string of the molecule is CS(=O)(=O)c1ccc(CC(=O)NCCOc2cccc3cccnc23)cc1. The predicted molar refractivity (Wildman–Crippen MR) is 104 cm³/mol. The molecule has 0 saturated heterocycles. The average molecular weight is 384 g/mol. The monoisotopic (exact) mass is 384 g/mol. The number of carbonyl (C=O) groups excluding carboxylic acids is 1. The molecule has 0 aliphatic rings. The van der Waals surface area contributed by atoms with Gasteiger partial charge in [0.2, 0.25) is 5.91 Å². The number of para-hydroxylation sites is 1. The van der Waals surface area contributed by atoms with Gasteiger partial charge in [-0.2, -0.15) is 0 Å². The lowest BCUT2D eigenvalue weighted by atomic mass is 10.1. The highest BCUT2D eigenvalue weighted by molar-refractivity contribution is 7.90.